The molecule has 1 amide bonds. The first-order valence-corrected chi connectivity index (χ1v) is 8.67. The van der Waals surface area contributed by atoms with E-state index in [4.69, 9.17) is 4.74 Å². The summed E-state index contributed by atoms with van der Waals surface area (Å²) in [4.78, 5) is 30.0. The second-order valence-corrected chi connectivity index (χ2v) is 6.28. The summed E-state index contributed by atoms with van der Waals surface area (Å²) >= 11 is 0. The highest BCUT2D eigenvalue weighted by Crippen LogP contribution is 2.16. The molecule has 2 aromatic heterocycles. The second kappa shape index (κ2) is 7.49. The zero-order valence-electron chi connectivity index (χ0n) is 14.3. The normalized spacial score (nSPS) is 15.8. The summed E-state index contributed by atoms with van der Waals surface area (Å²) in [6.07, 6.45) is 5.11. The number of amides is 1. The molecule has 1 aromatic carbocycles. The van der Waals surface area contributed by atoms with Crippen LogP contribution in [-0.2, 0) is 4.79 Å². The Morgan fingerprint density at radius 3 is 2.73 bits per heavy atom. The largest absolute Gasteiger partial charge is 0.460 e. The van der Waals surface area contributed by atoms with Crippen LogP contribution in [0.3, 0.4) is 0 Å². The van der Waals surface area contributed by atoms with Crippen molar-refractivity contribution in [3.05, 3.63) is 42.7 Å². The lowest BCUT2D eigenvalue weighted by Gasteiger charge is -2.30. The molecule has 0 atom stereocenters. The molecule has 8 heteroatoms. The van der Waals surface area contributed by atoms with E-state index in [0.717, 1.165) is 37.0 Å². The number of hydrogen-bond acceptors (Lipinski definition) is 6. The molecular formula is C18H20N6O2. The van der Waals surface area contributed by atoms with Crippen molar-refractivity contribution >= 4 is 22.9 Å². The maximum atomic E-state index is 12.3. The number of benzene rings is 1. The lowest BCUT2D eigenvalue weighted by Crippen LogP contribution is -2.42. The Bertz CT molecular complexity index is 841. The molecule has 1 fully saturated rings. The standard InChI is InChI=1S/C18H20N6O2/c25-16(23-17-21-14-4-1-2-5-15(14)22-17)12-24-10-6-13(7-11-24)26-18-19-8-3-9-20-18/h1-5,8-9,13H,6-7,10-12H2,(H2,21,22,23,25). The number of imidazole rings is 1. The van der Waals surface area contributed by atoms with Crippen molar-refractivity contribution in [2.24, 2.45) is 0 Å². The first-order chi connectivity index (χ1) is 12.8. The van der Waals surface area contributed by atoms with Crippen molar-refractivity contribution in [3.8, 4) is 6.01 Å². The molecule has 0 saturated carbocycles. The summed E-state index contributed by atoms with van der Waals surface area (Å²) in [7, 11) is 0. The van der Waals surface area contributed by atoms with E-state index in [-0.39, 0.29) is 12.0 Å². The molecular weight excluding hydrogens is 332 g/mol. The number of anilines is 1. The van der Waals surface area contributed by atoms with Gasteiger partial charge in [0, 0.05) is 25.5 Å². The predicted octanol–water partition coefficient (Wildman–Crippen LogP) is 1.83. The van der Waals surface area contributed by atoms with Crippen molar-refractivity contribution in [2.45, 2.75) is 18.9 Å². The van der Waals surface area contributed by atoms with Crippen molar-refractivity contribution in [3.63, 3.8) is 0 Å². The molecule has 1 aliphatic rings. The number of aromatic nitrogens is 4. The number of carbonyl (C=O) groups excluding carboxylic acids is 1. The van der Waals surface area contributed by atoms with Gasteiger partial charge in [0.1, 0.15) is 6.10 Å². The summed E-state index contributed by atoms with van der Waals surface area (Å²) < 4.78 is 5.77. The smallest absolute Gasteiger partial charge is 0.316 e. The molecule has 2 N–H and O–H groups in total. The Morgan fingerprint density at radius 1 is 1.19 bits per heavy atom. The molecule has 4 rings (SSSR count). The van der Waals surface area contributed by atoms with Crippen LogP contribution in [-0.4, -0.2) is 56.5 Å². The SMILES string of the molecule is O=C(CN1CCC(Oc2ncccn2)CC1)Nc1nc2ccccc2[nH]1. The van der Waals surface area contributed by atoms with E-state index in [1.807, 2.05) is 24.3 Å². The Balaban J connectivity index is 1.25. The third-order valence-corrected chi connectivity index (χ3v) is 4.36. The van der Waals surface area contributed by atoms with Crippen molar-refractivity contribution in [1.82, 2.24) is 24.8 Å². The molecule has 3 heterocycles. The van der Waals surface area contributed by atoms with Gasteiger partial charge < -0.3 is 9.72 Å². The Kier molecular flexibility index (Phi) is 4.74. The number of carbonyl (C=O) groups is 1. The van der Waals surface area contributed by atoms with Gasteiger partial charge in [0.25, 0.3) is 0 Å². The summed E-state index contributed by atoms with van der Waals surface area (Å²) in [5.41, 5.74) is 1.74. The van der Waals surface area contributed by atoms with E-state index < -0.39 is 0 Å². The molecule has 0 radical (unpaired) electrons. The molecule has 0 unspecified atom stereocenters. The maximum Gasteiger partial charge on any atom is 0.316 e. The number of piperidine rings is 1. The van der Waals surface area contributed by atoms with Gasteiger partial charge in [0.2, 0.25) is 11.9 Å². The van der Waals surface area contributed by atoms with E-state index in [2.05, 4.69) is 30.2 Å². The number of fused-ring (bicyclic) bond motifs is 1. The molecule has 3 aromatic rings. The third kappa shape index (κ3) is 3.97. The number of para-hydroxylation sites is 2. The summed E-state index contributed by atoms with van der Waals surface area (Å²) in [6, 6.07) is 9.85. The molecule has 1 aliphatic heterocycles. The monoisotopic (exact) mass is 352 g/mol. The number of nitrogens with one attached hydrogen (secondary N) is 2. The van der Waals surface area contributed by atoms with Gasteiger partial charge in [0.15, 0.2) is 0 Å². The van der Waals surface area contributed by atoms with Gasteiger partial charge in [-0.15, -0.1) is 0 Å². The van der Waals surface area contributed by atoms with Crippen LogP contribution in [0.15, 0.2) is 42.7 Å². The highest BCUT2D eigenvalue weighted by atomic mass is 16.5. The molecule has 1 saturated heterocycles. The molecule has 0 aliphatic carbocycles. The van der Waals surface area contributed by atoms with Crippen LogP contribution in [0.1, 0.15) is 12.8 Å². The van der Waals surface area contributed by atoms with Crippen molar-refractivity contribution < 1.29 is 9.53 Å². The Hall–Kier alpha value is -3.00. The second-order valence-electron chi connectivity index (χ2n) is 6.28. The quantitative estimate of drug-likeness (QED) is 0.727. The lowest BCUT2D eigenvalue weighted by atomic mass is 10.1. The van der Waals surface area contributed by atoms with Gasteiger partial charge in [-0.1, -0.05) is 12.1 Å². The van der Waals surface area contributed by atoms with E-state index in [9.17, 15) is 4.79 Å². The minimum Gasteiger partial charge on any atom is -0.460 e. The third-order valence-electron chi connectivity index (χ3n) is 4.36. The van der Waals surface area contributed by atoms with Crippen LogP contribution in [0.4, 0.5) is 5.95 Å². The number of rotatable bonds is 5. The van der Waals surface area contributed by atoms with Gasteiger partial charge in [-0.25, -0.2) is 15.0 Å². The van der Waals surface area contributed by atoms with Gasteiger partial charge >= 0.3 is 6.01 Å². The maximum absolute atomic E-state index is 12.3. The topological polar surface area (TPSA) is 96.0 Å². The molecule has 26 heavy (non-hydrogen) atoms. The minimum atomic E-state index is -0.0742. The molecule has 0 spiro atoms. The van der Waals surface area contributed by atoms with Gasteiger partial charge in [-0.05, 0) is 31.0 Å². The van der Waals surface area contributed by atoms with Crippen LogP contribution >= 0.6 is 0 Å². The summed E-state index contributed by atoms with van der Waals surface area (Å²) in [5.74, 6) is 0.408. The first-order valence-electron chi connectivity index (χ1n) is 8.67. The number of hydrogen-bond donors (Lipinski definition) is 2. The fourth-order valence-corrected chi connectivity index (χ4v) is 3.07. The van der Waals surface area contributed by atoms with Gasteiger partial charge in [0.05, 0.1) is 17.6 Å². The van der Waals surface area contributed by atoms with E-state index in [0.29, 0.717) is 18.5 Å². The number of H-pyrrole nitrogens is 1. The summed E-state index contributed by atoms with van der Waals surface area (Å²) in [6.45, 7) is 1.93. The van der Waals surface area contributed by atoms with E-state index in [1.54, 1.807) is 18.5 Å². The number of aromatic amines is 1. The fraction of sp³-hybridized carbons (Fsp3) is 0.333. The first kappa shape index (κ1) is 16.5. The zero-order valence-corrected chi connectivity index (χ0v) is 14.3. The van der Waals surface area contributed by atoms with Gasteiger partial charge in [-0.2, -0.15) is 0 Å². The lowest BCUT2D eigenvalue weighted by molar-refractivity contribution is -0.117. The fourth-order valence-electron chi connectivity index (χ4n) is 3.07. The molecule has 0 bridgehead atoms. The van der Waals surface area contributed by atoms with Crippen LogP contribution in [0.5, 0.6) is 6.01 Å². The van der Waals surface area contributed by atoms with Gasteiger partial charge in [-0.3, -0.25) is 15.0 Å². The Morgan fingerprint density at radius 2 is 1.96 bits per heavy atom. The highest BCUT2D eigenvalue weighted by molar-refractivity contribution is 5.92. The minimum absolute atomic E-state index is 0.0742. The van der Waals surface area contributed by atoms with Crippen molar-refractivity contribution in [1.29, 1.82) is 0 Å². The van der Waals surface area contributed by atoms with Crippen LogP contribution in [0.25, 0.3) is 11.0 Å². The van der Waals surface area contributed by atoms with E-state index >= 15 is 0 Å². The average molecular weight is 352 g/mol. The average Bonchev–Trinajstić information content (AvgIpc) is 3.06. The predicted molar refractivity (Wildman–Crippen MR) is 96.8 cm³/mol. The number of likely N-dealkylation sites (tertiary alicyclic amines) is 1. The number of ether oxygens (including phenoxy) is 1. The zero-order chi connectivity index (χ0) is 17.8. The Labute approximate surface area is 150 Å². The van der Waals surface area contributed by atoms with Crippen molar-refractivity contribution in [2.75, 3.05) is 25.0 Å². The summed E-state index contributed by atoms with van der Waals surface area (Å²) in [5, 5.41) is 2.83. The molecule has 8 nitrogen and oxygen atoms in total. The van der Waals surface area contributed by atoms with E-state index in [1.165, 1.54) is 0 Å². The van der Waals surface area contributed by atoms with Crippen LogP contribution < -0.4 is 10.1 Å². The highest BCUT2D eigenvalue weighted by Gasteiger charge is 2.23. The van der Waals surface area contributed by atoms with Crippen LogP contribution in [0.2, 0.25) is 0 Å². The van der Waals surface area contributed by atoms with Crippen LogP contribution in [0, 0.1) is 0 Å². The molecule has 134 valence electrons. The number of nitrogens with zero attached hydrogens (tertiary/aromatic N) is 4.